The Morgan fingerprint density at radius 2 is 1.39 bits per heavy atom. The van der Waals surface area contributed by atoms with Crippen molar-refractivity contribution in [2.24, 2.45) is 11.3 Å². The summed E-state index contributed by atoms with van der Waals surface area (Å²) in [7, 11) is 0. The van der Waals surface area contributed by atoms with Crippen molar-refractivity contribution in [2.75, 3.05) is 0 Å². The minimum atomic E-state index is -2.74. The molecule has 3 heteroatoms. The van der Waals surface area contributed by atoms with Crippen LogP contribution in [-0.4, -0.2) is 3.21 Å². The zero-order chi connectivity index (χ0) is 35.0. The molecule has 7 rings (SSSR count). The molecule has 0 radical (unpaired) electrons. The summed E-state index contributed by atoms with van der Waals surface area (Å²) < 4.78 is 5.23. The third-order valence-electron chi connectivity index (χ3n) is 12.4. The van der Waals surface area contributed by atoms with Crippen LogP contribution in [0.3, 0.4) is 0 Å². The van der Waals surface area contributed by atoms with Crippen LogP contribution in [0.25, 0.3) is 21.9 Å². The minimum absolute atomic E-state index is 0. The van der Waals surface area contributed by atoms with Gasteiger partial charge in [0, 0.05) is 0 Å². The Balaban J connectivity index is 0.00000252. The molecule has 4 aromatic carbocycles. The fourth-order valence-corrected chi connectivity index (χ4v) is 18.0. The smallest absolute Gasteiger partial charge is 1.00 e. The van der Waals surface area contributed by atoms with Gasteiger partial charge in [-0.15, -0.1) is 0 Å². The molecule has 0 bridgehead atoms. The number of hydrogen-bond acceptors (Lipinski definition) is 0. The van der Waals surface area contributed by atoms with Gasteiger partial charge in [0.25, 0.3) is 0 Å². The maximum atomic E-state index is 2.77. The second-order valence-corrected chi connectivity index (χ2v) is 24.5. The zero-order valence-electron chi connectivity index (χ0n) is 33.0. The molecule has 1 fully saturated rings. The number of rotatable bonds is 4. The van der Waals surface area contributed by atoms with E-state index >= 15 is 0 Å². The molecular weight excluding hydrogens is 739 g/mol. The first-order chi connectivity index (χ1) is 23.1. The maximum Gasteiger partial charge on any atom is -1.00 e. The summed E-state index contributed by atoms with van der Waals surface area (Å²) in [5.41, 5.74) is 15.8. The van der Waals surface area contributed by atoms with Crippen LogP contribution < -0.4 is 28.1 Å². The summed E-state index contributed by atoms with van der Waals surface area (Å²) in [6.07, 6.45) is 13.3. The van der Waals surface area contributed by atoms with Crippen molar-refractivity contribution < 1.29 is 46.1 Å². The van der Waals surface area contributed by atoms with E-state index in [9.17, 15) is 0 Å². The largest absolute Gasteiger partial charge is 1.00 e. The van der Waals surface area contributed by atoms with Crippen molar-refractivity contribution in [3.63, 3.8) is 0 Å². The van der Waals surface area contributed by atoms with Gasteiger partial charge in [0.15, 0.2) is 0 Å². The van der Waals surface area contributed by atoms with E-state index in [1.807, 2.05) is 0 Å². The molecule has 51 heavy (non-hydrogen) atoms. The molecule has 1 saturated carbocycles. The van der Waals surface area contributed by atoms with Crippen LogP contribution >= 0.6 is 0 Å². The normalized spacial score (nSPS) is 18.3. The van der Waals surface area contributed by atoms with Gasteiger partial charge in [-0.1, -0.05) is 0 Å². The van der Waals surface area contributed by atoms with Crippen molar-refractivity contribution >= 4 is 17.2 Å². The number of halogens is 2. The molecule has 4 aromatic rings. The summed E-state index contributed by atoms with van der Waals surface area (Å²) in [6.45, 7) is 26.9. The summed E-state index contributed by atoms with van der Waals surface area (Å²) in [5.74, 6) is 0.491. The number of aryl methyl sites for hydroxylation is 1. The van der Waals surface area contributed by atoms with Crippen LogP contribution in [-0.2, 0) is 38.5 Å². The summed E-state index contributed by atoms with van der Waals surface area (Å²) in [4.78, 5) is 0. The second-order valence-electron chi connectivity index (χ2n) is 18.1. The van der Waals surface area contributed by atoms with Gasteiger partial charge in [0.2, 0.25) is 0 Å². The van der Waals surface area contributed by atoms with E-state index in [-0.39, 0.29) is 35.6 Å². The van der Waals surface area contributed by atoms with Crippen molar-refractivity contribution in [2.45, 2.75) is 126 Å². The number of benzene rings is 4. The molecule has 268 valence electrons. The van der Waals surface area contributed by atoms with E-state index in [0.29, 0.717) is 11.3 Å². The first-order valence-electron chi connectivity index (χ1n) is 19.0. The molecular formula is C48H58Cl2Zr. The van der Waals surface area contributed by atoms with E-state index in [0.717, 1.165) is 6.42 Å². The minimum Gasteiger partial charge on any atom is -1.00 e. The van der Waals surface area contributed by atoms with Gasteiger partial charge in [-0.25, -0.2) is 0 Å². The first-order valence-corrected chi connectivity index (χ1v) is 22.7. The molecule has 0 nitrogen and oxygen atoms in total. The number of hydrogen-bond donors (Lipinski definition) is 0. The van der Waals surface area contributed by atoms with E-state index in [2.05, 4.69) is 149 Å². The van der Waals surface area contributed by atoms with Gasteiger partial charge in [0.1, 0.15) is 0 Å². The van der Waals surface area contributed by atoms with Gasteiger partial charge in [-0.2, -0.15) is 0 Å². The first kappa shape index (κ1) is 40.1. The predicted octanol–water partition coefficient (Wildman–Crippen LogP) is 6.55. The summed E-state index contributed by atoms with van der Waals surface area (Å²) in [5, 5.41) is 2.69. The fourth-order valence-electron chi connectivity index (χ4n) is 9.66. The Labute approximate surface area is 329 Å². The third kappa shape index (κ3) is 7.28. The van der Waals surface area contributed by atoms with Crippen LogP contribution in [0, 0.1) is 25.2 Å². The molecule has 0 N–H and O–H groups in total. The van der Waals surface area contributed by atoms with Gasteiger partial charge in [-0.3, -0.25) is 0 Å². The molecule has 0 aromatic heterocycles. The topological polar surface area (TPSA) is 0 Å². The molecule has 3 aliphatic carbocycles. The Morgan fingerprint density at radius 3 is 2.04 bits per heavy atom. The quantitative estimate of drug-likeness (QED) is 0.194. The van der Waals surface area contributed by atoms with Crippen LogP contribution in [0.2, 0.25) is 0 Å². The van der Waals surface area contributed by atoms with Gasteiger partial charge >= 0.3 is 307 Å². The molecule has 0 aliphatic heterocycles. The van der Waals surface area contributed by atoms with E-state index in [1.54, 1.807) is 26.5 Å². The standard InChI is InChI=1S/C23H29.C13H19.C12H10.2ClH.Zr/c1-14-9-16-11-17-10-15(2)21(23(6,7)8)13-19(17)18(16)12-20(14)22(3,4)5;1-11-6-7-12(10-11)13(2)8-4-3-5-9-13;1-2-10-7-8-11-5-3-4-6-12(11)9-10;;;/h9,12-13H,11H2,1-8H3;7,10-11H,3-5,8-9H2,1-2H3;3-9H,1H3;2*1H;/q;;;;;+2/p-2. The average Bonchev–Trinajstić information content (AvgIpc) is 3.60. The number of allylic oxidation sites excluding steroid dienone is 4. The van der Waals surface area contributed by atoms with Crippen LogP contribution in [0.1, 0.15) is 133 Å². The van der Waals surface area contributed by atoms with Crippen LogP contribution in [0.5, 0.6) is 0 Å². The fraction of sp³-hybridized carbons (Fsp3) is 0.438. The van der Waals surface area contributed by atoms with Crippen molar-refractivity contribution in [3.05, 3.63) is 121 Å². The molecule has 0 heterocycles. The Hall–Kier alpha value is -2.05. The SMILES string of the molecule is C/[C](c1ccc2ccccc2c1)=[Zr+2](\[C]1=CC(C2(C)CCCCC2)=CC1C)[c]1c(C)c(C(C)(C)C)cc2c1Cc1cc(C)c(C(C)(C)C)cc1-2.[Cl-].[Cl-]. The Bertz CT molecular complexity index is 2090. The maximum absolute atomic E-state index is 2.77. The monoisotopic (exact) mass is 794 g/mol. The molecule has 0 saturated heterocycles. The molecule has 3 aliphatic rings. The molecule has 1 atom stereocenters. The van der Waals surface area contributed by atoms with Gasteiger partial charge in [-0.05, 0) is 0 Å². The van der Waals surface area contributed by atoms with Gasteiger partial charge in [0.05, 0.1) is 0 Å². The zero-order valence-corrected chi connectivity index (χ0v) is 37.0. The molecule has 1 unspecified atom stereocenters. The van der Waals surface area contributed by atoms with Gasteiger partial charge < -0.3 is 24.8 Å². The van der Waals surface area contributed by atoms with Crippen molar-refractivity contribution in [1.29, 1.82) is 0 Å². The summed E-state index contributed by atoms with van der Waals surface area (Å²) >= 11 is -2.74. The molecule has 0 spiro atoms. The third-order valence-corrected chi connectivity index (χ3v) is 20.7. The van der Waals surface area contributed by atoms with Crippen molar-refractivity contribution in [1.82, 2.24) is 0 Å². The van der Waals surface area contributed by atoms with E-state index < -0.39 is 21.3 Å². The van der Waals surface area contributed by atoms with E-state index in [1.165, 1.54) is 81.8 Å². The molecule has 0 amide bonds. The second kappa shape index (κ2) is 14.6. The van der Waals surface area contributed by atoms with Crippen LogP contribution in [0.15, 0.2) is 81.7 Å². The van der Waals surface area contributed by atoms with Crippen LogP contribution in [0.4, 0.5) is 0 Å². The Kier molecular flexibility index (Phi) is 11.5. The summed E-state index contributed by atoms with van der Waals surface area (Å²) in [6, 6.07) is 23.9. The average molecular weight is 797 g/mol. The predicted molar refractivity (Wildman–Crippen MR) is 211 cm³/mol. The number of fused-ring (bicyclic) bond motifs is 4. The van der Waals surface area contributed by atoms with Crippen molar-refractivity contribution in [3.8, 4) is 11.1 Å². The van der Waals surface area contributed by atoms with E-state index in [4.69, 9.17) is 0 Å². The Morgan fingerprint density at radius 1 is 0.765 bits per heavy atom.